The van der Waals surface area contributed by atoms with Gasteiger partial charge in [-0.05, 0) is 31.9 Å². The molecule has 0 N–H and O–H groups in total. The van der Waals surface area contributed by atoms with E-state index in [9.17, 15) is 4.79 Å². The zero-order chi connectivity index (χ0) is 11.9. The summed E-state index contributed by atoms with van der Waals surface area (Å²) < 4.78 is 5.38. The summed E-state index contributed by atoms with van der Waals surface area (Å²) in [5.74, 6) is 0.397. The van der Waals surface area contributed by atoms with Crippen LogP contribution in [0, 0.1) is 6.92 Å². The van der Waals surface area contributed by atoms with Crippen LogP contribution in [-0.4, -0.2) is 17.4 Å². The Bertz CT molecular complexity index is 483. The Balaban J connectivity index is 1.93. The van der Waals surface area contributed by atoms with Crippen LogP contribution in [0.5, 0.6) is 0 Å². The Morgan fingerprint density at radius 2 is 2.06 bits per heavy atom. The van der Waals surface area contributed by atoms with Gasteiger partial charge in [-0.15, -0.1) is 11.3 Å². The van der Waals surface area contributed by atoms with Gasteiger partial charge in [0.05, 0.1) is 4.88 Å². The lowest BCUT2D eigenvalue weighted by Gasteiger charge is -2.25. The average Bonchev–Trinajstić information content (AvgIpc) is 2.87. The third-order valence-corrected chi connectivity index (χ3v) is 4.51. The molecule has 0 unspecified atom stereocenters. The molecular weight excluding hydrogens is 234 g/mol. The van der Waals surface area contributed by atoms with Gasteiger partial charge in [0.1, 0.15) is 0 Å². The molecule has 1 fully saturated rings. The second kappa shape index (κ2) is 3.95. The van der Waals surface area contributed by atoms with Gasteiger partial charge in [-0.3, -0.25) is 0 Å². The third-order valence-electron chi connectivity index (χ3n) is 3.52. The zero-order valence-corrected chi connectivity index (χ0v) is 10.7. The minimum Gasteiger partial charge on any atom is -0.404 e. The van der Waals surface area contributed by atoms with Crippen molar-refractivity contribution in [2.75, 3.05) is 0 Å². The summed E-state index contributed by atoms with van der Waals surface area (Å²) >= 11 is 1.63. The van der Waals surface area contributed by atoms with Gasteiger partial charge in [0.15, 0.2) is 5.54 Å². The Hall–Kier alpha value is -1.16. The van der Waals surface area contributed by atoms with Crippen molar-refractivity contribution in [2.24, 2.45) is 4.99 Å². The molecule has 1 spiro atoms. The number of aliphatic imine (C=N–C) groups is 1. The topological polar surface area (TPSA) is 38.7 Å². The molecule has 1 aliphatic heterocycles. The predicted octanol–water partition coefficient (Wildman–Crippen LogP) is 3.06. The first kappa shape index (κ1) is 11.0. The van der Waals surface area contributed by atoms with E-state index in [1.54, 1.807) is 11.3 Å². The molecule has 0 aromatic carbocycles. The number of carbonyl (C=O) groups is 1. The number of nitrogens with zero attached hydrogens (tertiary/aromatic N) is 1. The van der Waals surface area contributed by atoms with Crippen molar-refractivity contribution in [3.63, 3.8) is 0 Å². The van der Waals surface area contributed by atoms with E-state index in [1.165, 1.54) is 11.3 Å². The van der Waals surface area contributed by atoms with Gasteiger partial charge in [0, 0.05) is 4.88 Å². The summed E-state index contributed by atoms with van der Waals surface area (Å²) in [5.41, 5.74) is -0.550. The molecule has 3 rings (SSSR count). The normalized spacial score (nSPS) is 22.6. The maximum absolute atomic E-state index is 12.0. The fourth-order valence-corrected chi connectivity index (χ4v) is 3.35. The van der Waals surface area contributed by atoms with E-state index in [-0.39, 0.29) is 5.97 Å². The summed E-state index contributed by atoms with van der Waals surface area (Å²) in [6.45, 7) is 2.04. The number of hydrogen-bond donors (Lipinski definition) is 0. The van der Waals surface area contributed by atoms with E-state index in [0.717, 1.165) is 30.6 Å². The molecule has 1 saturated carbocycles. The Labute approximate surface area is 105 Å². The van der Waals surface area contributed by atoms with Crippen molar-refractivity contribution in [1.82, 2.24) is 0 Å². The van der Waals surface area contributed by atoms with Crippen molar-refractivity contribution >= 4 is 23.2 Å². The van der Waals surface area contributed by atoms with E-state index in [0.29, 0.717) is 5.90 Å². The molecule has 0 radical (unpaired) electrons. The van der Waals surface area contributed by atoms with Crippen molar-refractivity contribution in [3.8, 4) is 0 Å². The lowest BCUT2D eigenvalue weighted by Crippen LogP contribution is -2.35. The smallest absolute Gasteiger partial charge is 0.340 e. The van der Waals surface area contributed by atoms with E-state index in [4.69, 9.17) is 4.74 Å². The number of aryl methyl sites for hydroxylation is 1. The molecule has 4 heteroatoms. The quantitative estimate of drug-likeness (QED) is 0.717. The van der Waals surface area contributed by atoms with Crippen LogP contribution >= 0.6 is 11.3 Å². The number of carbonyl (C=O) groups excluding carboxylic acids is 1. The van der Waals surface area contributed by atoms with E-state index < -0.39 is 5.54 Å². The van der Waals surface area contributed by atoms with Crippen LogP contribution in [0.15, 0.2) is 17.1 Å². The van der Waals surface area contributed by atoms with Crippen molar-refractivity contribution in [3.05, 3.63) is 21.9 Å². The number of cyclic esters (lactones) is 1. The van der Waals surface area contributed by atoms with Gasteiger partial charge in [0.2, 0.25) is 5.90 Å². The number of thiophene rings is 1. The first-order chi connectivity index (χ1) is 8.20. The second-order valence-electron chi connectivity index (χ2n) is 4.81. The van der Waals surface area contributed by atoms with E-state index >= 15 is 0 Å². The molecule has 0 amide bonds. The molecule has 2 heterocycles. The highest BCUT2D eigenvalue weighted by Gasteiger charge is 2.46. The van der Waals surface area contributed by atoms with Gasteiger partial charge >= 0.3 is 5.97 Å². The van der Waals surface area contributed by atoms with Crippen LogP contribution in [0.4, 0.5) is 0 Å². The Morgan fingerprint density at radius 3 is 2.71 bits per heavy atom. The van der Waals surface area contributed by atoms with Crippen molar-refractivity contribution in [1.29, 1.82) is 0 Å². The molecule has 1 aromatic heterocycles. The summed E-state index contributed by atoms with van der Waals surface area (Å²) in [7, 11) is 0. The van der Waals surface area contributed by atoms with Crippen LogP contribution in [0.3, 0.4) is 0 Å². The fraction of sp³-hybridized carbons (Fsp3) is 0.538. The highest BCUT2D eigenvalue weighted by molar-refractivity contribution is 7.14. The van der Waals surface area contributed by atoms with Crippen LogP contribution in [-0.2, 0) is 9.53 Å². The monoisotopic (exact) mass is 249 g/mol. The van der Waals surface area contributed by atoms with Gasteiger partial charge < -0.3 is 4.74 Å². The lowest BCUT2D eigenvalue weighted by molar-refractivity contribution is -0.140. The molecule has 3 nitrogen and oxygen atoms in total. The van der Waals surface area contributed by atoms with Gasteiger partial charge in [-0.1, -0.05) is 19.3 Å². The molecule has 0 bridgehead atoms. The summed E-state index contributed by atoms with van der Waals surface area (Å²) in [4.78, 5) is 18.8. The van der Waals surface area contributed by atoms with Crippen LogP contribution in [0.2, 0.25) is 0 Å². The first-order valence-electron chi connectivity index (χ1n) is 6.09. The fourth-order valence-electron chi connectivity index (χ4n) is 2.55. The van der Waals surface area contributed by atoms with Crippen molar-refractivity contribution < 1.29 is 9.53 Å². The minimum atomic E-state index is -0.550. The number of ether oxygens (including phenoxy) is 1. The third kappa shape index (κ3) is 1.80. The zero-order valence-electron chi connectivity index (χ0n) is 9.86. The van der Waals surface area contributed by atoms with Crippen molar-refractivity contribution in [2.45, 2.75) is 44.6 Å². The molecule has 0 saturated heterocycles. The largest absolute Gasteiger partial charge is 0.404 e. The van der Waals surface area contributed by atoms with E-state index in [1.807, 2.05) is 19.1 Å². The maximum atomic E-state index is 12.0. The molecule has 2 aliphatic rings. The highest BCUT2D eigenvalue weighted by Crippen LogP contribution is 2.37. The molecule has 1 aliphatic carbocycles. The second-order valence-corrected chi connectivity index (χ2v) is 6.10. The average molecular weight is 249 g/mol. The standard InChI is InChI=1S/C13H15NO2S/c1-9-5-6-10(17-9)11-14-13(12(15)16-11)7-3-2-4-8-13/h5-6H,2-4,7-8H2,1H3. The highest BCUT2D eigenvalue weighted by atomic mass is 32.1. The molecule has 0 atom stereocenters. The van der Waals surface area contributed by atoms with Crippen LogP contribution < -0.4 is 0 Å². The minimum absolute atomic E-state index is 0.141. The summed E-state index contributed by atoms with van der Waals surface area (Å²) in [6.07, 6.45) is 5.06. The van der Waals surface area contributed by atoms with Gasteiger partial charge in [-0.25, -0.2) is 9.79 Å². The van der Waals surface area contributed by atoms with E-state index in [2.05, 4.69) is 4.99 Å². The first-order valence-corrected chi connectivity index (χ1v) is 6.90. The van der Waals surface area contributed by atoms with Gasteiger partial charge in [-0.2, -0.15) is 0 Å². The van der Waals surface area contributed by atoms with Gasteiger partial charge in [0.25, 0.3) is 0 Å². The lowest BCUT2D eigenvalue weighted by atomic mass is 9.83. The number of hydrogen-bond acceptors (Lipinski definition) is 4. The van der Waals surface area contributed by atoms with Crippen LogP contribution in [0.1, 0.15) is 41.9 Å². The Morgan fingerprint density at radius 1 is 1.29 bits per heavy atom. The molecule has 90 valence electrons. The number of esters is 1. The molecule has 1 aromatic rings. The summed E-state index contributed by atoms with van der Waals surface area (Å²) in [5, 5.41) is 0. The predicted molar refractivity (Wildman–Crippen MR) is 67.5 cm³/mol. The Kier molecular flexibility index (Phi) is 2.54. The van der Waals surface area contributed by atoms with Crippen LogP contribution in [0.25, 0.3) is 0 Å². The summed E-state index contributed by atoms with van der Waals surface area (Å²) in [6, 6.07) is 4.01. The molecule has 17 heavy (non-hydrogen) atoms. The molecular formula is C13H15NO2S. The SMILES string of the molecule is Cc1ccc(C2=NC3(CCCCC3)C(=O)O2)s1. The maximum Gasteiger partial charge on any atom is 0.340 e. The number of rotatable bonds is 1.